The smallest absolute Gasteiger partial charge is 0.227 e. The molecule has 0 N–H and O–H groups in total. The van der Waals surface area contributed by atoms with E-state index in [1.54, 1.807) is 0 Å². The molecule has 1 aliphatic carbocycles. The van der Waals surface area contributed by atoms with E-state index >= 15 is 0 Å². The first kappa shape index (κ1) is 17.0. The van der Waals surface area contributed by atoms with Crippen molar-refractivity contribution in [2.24, 2.45) is 11.8 Å². The number of carbonyl (C=O) groups is 1. The van der Waals surface area contributed by atoms with Crippen molar-refractivity contribution in [3.8, 4) is 0 Å². The summed E-state index contributed by atoms with van der Waals surface area (Å²) in [5.41, 5.74) is 2.23. The van der Waals surface area contributed by atoms with Crippen molar-refractivity contribution >= 4 is 5.91 Å². The van der Waals surface area contributed by atoms with Gasteiger partial charge >= 0.3 is 0 Å². The molecule has 1 amide bonds. The fourth-order valence-corrected chi connectivity index (χ4v) is 4.16. The number of nitrogens with zero attached hydrogens (tertiary/aromatic N) is 1. The van der Waals surface area contributed by atoms with Crippen LogP contribution in [0.25, 0.3) is 0 Å². The zero-order chi connectivity index (χ0) is 17.3. The van der Waals surface area contributed by atoms with E-state index in [1.165, 1.54) is 18.4 Å². The molecular formula is C21H29NO3. The second-order valence-electron chi connectivity index (χ2n) is 8.06. The molecule has 1 saturated carbocycles. The van der Waals surface area contributed by atoms with Crippen molar-refractivity contribution in [3.63, 3.8) is 0 Å². The molecular weight excluding hydrogens is 314 g/mol. The lowest BCUT2D eigenvalue weighted by atomic mass is 9.79. The number of benzene rings is 1. The lowest BCUT2D eigenvalue weighted by Crippen LogP contribution is -2.66. The first-order valence-electron chi connectivity index (χ1n) is 9.70. The van der Waals surface area contributed by atoms with Gasteiger partial charge in [0.15, 0.2) is 0 Å². The van der Waals surface area contributed by atoms with Gasteiger partial charge in [0.25, 0.3) is 0 Å². The highest BCUT2D eigenvalue weighted by Crippen LogP contribution is 2.42. The minimum Gasteiger partial charge on any atom is -0.381 e. The molecule has 2 aliphatic heterocycles. The molecule has 0 bridgehead atoms. The van der Waals surface area contributed by atoms with Crippen LogP contribution < -0.4 is 0 Å². The summed E-state index contributed by atoms with van der Waals surface area (Å²) in [6.07, 6.45) is 5.35. The number of likely N-dealkylation sites (tertiary alicyclic amines) is 1. The Bertz CT molecular complexity index is 619. The van der Waals surface area contributed by atoms with Crippen molar-refractivity contribution in [2.75, 3.05) is 32.9 Å². The van der Waals surface area contributed by atoms with E-state index in [-0.39, 0.29) is 11.5 Å². The van der Waals surface area contributed by atoms with Crippen molar-refractivity contribution in [2.45, 2.75) is 44.6 Å². The third-order valence-electron chi connectivity index (χ3n) is 6.13. The molecule has 3 fully saturated rings. The zero-order valence-corrected chi connectivity index (χ0v) is 15.2. The molecule has 25 heavy (non-hydrogen) atoms. The summed E-state index contributed by atoms with van der Waals surface area (Å²) in [7, 11) is 0. The van der Waals surface area contributed by atoms with E-state index in [4.69, 9.17) is 9.47 Å². The molecule has 1 spiro atoms. The monoisotopic (exact) mass is 343 g/mol. The van der Waals surface area contributed by atoms with Gasteiger partial charge in [-0.15, -0.1) is 0 Å². The normalized spacial score (nSPS) is 24.5. The fraction of sp³-hybridized carbons (Fsp3) is 0.667. The van der Waals surface area contributed by atoms with Gasteiger partial charge in [-0.1, -0.05) is 24.3 Å². The standard InChI is InChI=1S/C21H29NO3/c1-16-4-2-3-5-18(16)12-20(23)22-14-21(15-22)19(9-11-25-21)8-10-24-13-17-6-7-17/h2-5,17,19H,6-15H2,1H3. The second kappa shape index (κ2) is 7.08. The molecule has 1 aromatic carbocycles. The average molecular weight is 343 g/mol. The molecule has 1 atom stereocenters. The Hall–Kier alpha value is -1.39. The molecule has 0 radical (unpaired) electrons. The largest absolute Gasteiger partial charge is 0.381 e. The molecule has 4 rings (SSSR count). The molecule has 4 heteroatoms. The lowest BCUT2D eigenvalue weighted by molar-refractivity contribution is -0.165. The summed E-state index contributed by atoms with van der Waals surface area (Å²) in [6.45, 7) is 6.17. The second-order valence-corrected chi connectivity index (χ2v) is 8.06. The van der Waals surface area contributed by atoms with Crippen LogP contribution in [0.5, 0.6) is 0 Å². The summed E-state index contributed by atoms with van der Waals surface area (Å²) >= 11 is 0. The number of hydrogen-bond donors (Lipinski definition) is 0. The van der Waals surface area contributed by atoms with Gasteiger partial charge < -0.3 is 14.4 Å². The highest BCUT2D eigenvalue weighted by molar-refractivity contribution is 5.80. The Morgan fingerprint density at radius 1 is 1.28 bits per heavy atom. The Kier molecular flexibility index (Phi) is 4.83. The first-order valence-corrected chi connectivity index (χ1v) is 9.70. The van der Waals surface area contributed by atoms with Crippen molar-refractivity contribution in [1.29, 1.82) is 0 Å². The van der Waals surface area contributed by atoms with E-state index in [2.05, 4.69) is 19.1 Å². The van der Waals surface area contributed by atoms with Crippen LogP contribution in [0, 0.1) is 18.8 Å². The average Bonchev–Trinajstić information content (AvgIpc) is 3.29. The van der Waals surface area contributed by atoms with Gasteiger partial charge in [0.1, 0.15) is 5.60 Å². The van der Waals surface area contributed by atoms with Crippen LogP contribution in [0.1, 0.15) is 36.8 Å². The minimum atomic E-state index is -0.0929. The Balaban J connectivity index is 1.25. The van der Waals surface area contributed by atoms with Gasteiger partial charge in [0.05, 0.1) is 19.5 Å². The molecule has 3 aliphatic rings. The maximum absolute atomic E-state index is 12.6. The van der Waals surface area contributed by atoms with E-state index in [0.29, 0.717) is 12.3 Å². The van der Waals surface area contributed by atoms with Crippen LogP contribution >= 0.6 is 0 Å². The zero-order valence-electron chi connectivity index (χ0n) is 15.2. The molecule has 1 aromatic rings. The predicted molar refractivity (Wildman–Crippen MR) is 96.4 cm³/mol. The summed E-state index contributed by atoms with van der Waals surface area (Å²) in [5.74, 6) is 1.58. The van der Waals surface area contributed by atoms with Crippen LogP contribution in [-0.2, 0) is 20.7 Å². The van der Waals surface area contributed by atoms with Gasteiger partial charge in [-0.3, -0.25) is 4.79 Å². The third kappa shape index (κ3) is 3.75. The minimum absolute atomic E-state index is 0.0929. The number of aryl methyl sites for hydroxylation is 1. The number of hydrogen-bond acceptors (Lipinski definition) is 3. The fourth-order valence-electron chi connectivity index (χ4n) is 4.16. The quantitative estimate of drug-likeness (QED) is 0.715. The highest BCUT2D eigenvalue weighted by Gasteiger charge is 2.53. The van der Waals surface area contributed by atoms with Crippen molar-refractivity contribution in [1.82, 2.24) is 4.90 Å². The van der Waals surface area contributed by atoms with Gasteiger partial charge in [-0.25, -0.2) is 0 Å². The highest BCUT2D eigenvalue weighted by atomic mass is 16.5. The number of amides is 1. The van der Waals surface area contributed by atoms with Gasteiger partial charge in [0.2, 0.25) is 5.91 Å². The Labute approximate surface area is 150 Å². The number of rotatable bonds is 7. The van der Waals surface area contributed by atoms with E-state index < -0.39 is 0 Å². The van der Waals surface area contributed by atoms with Crippen LogP contribution in [0.4, 0.5) is 0 Å². The molecule has 2 heterocycles. The van der Waals surface area contributed by atoms with E-state index in [0.717, 1.165) is 57.2 Å². The van der Waals surface area contributed by atoms with Crippen LogP contribution in [-0.4, -0.2) is 49.3 Å². The Morgan fingerprint density at radius 2 is 2.08 bits per heavy atom. The van der Waals surface area contributed by atoms with E-state index in [1.807, 2.05) is 17.0 Å². The van der Waals surface area contributed by atoms with Gasteiger partial charge in [0, 0.05) is 19.8 Å². The molecule has 4 nitrogen and oxygen atoms in total. The molecule has 2 saturated heterocycles. The molecule has 0 aromatic heterocycles. The summed E-state index contributed by atoms with van der Waals surface area (Å²) in [6, 6.07) is 8.14. The third-order valence-corrected chi connectivity index (χ3v) is 6.13. The summed E-state index contributed by atoms with van der Waals surface area (Å²) < 4.78 is 11.9. The van der Waals surface area contributed by atoms with Crippen molar-refractivity contribution < 1.29 is 14.3 Å². The van der Waals surface area contributed by atoms with Crippen LogP contribution in [0.15, 0.2) is 24.3 Å². The summed E-state index contributed by atoms with van der Waals surface area (Å²) in [4.78, 5) is 14.5. The molecule has 136 valence electrons. The van der Waals surface area contributed by atoms with Crippen LogP contribution in [0.2, 0.25) is 0 Å². The van der Waals surface area contributed by atoms with Gasteiger partial charge in [-0.2, -0.15) is 0 Å². The maximum Gasteiger partial charge on any atom is 0.227 e. The Morgan fingerprint density at radius 3 is 2.84 bits per heavy atom. The predicted octanol–water partition coefficient (Wildman–Crippen LogP) is 2.97. The molecule has 1 unspecified atom stereocenters. The number of ether oxygens (including phenoxy) is 2. The summed E-state index contributed by atoms with van der Waals surface area (Å²) in [5, 5.41) is 0. The SMILES string of the molecule is Cc1ccccc1CC(=O)N1CC2(C1)OCCC2CCOCC1CC1. The van der Waals surface area contributed by atoms with Crippen LogP contribution in [0.3, 0.4) is 0 Å². The van der Waals surface area contributed by atoms with Crippen molar-refractivity contribution in [3.05, 3.63) is 35.4 Å². The topological polar surface area (TPSA) is 38.8 Å². The first-order chi connectivity index (χ1) is 12.2. The van der Waals surface area contributed by atoms with E-state index in [9.17, 15) is 4.79 Å². The lowest BCUT2D eigenvalue weighted by Gasteiger charge is -2.50. The number of carbonyl (C=O) groups excluding carboxylic acids is 1. The van der Waals surface area contributed by atoms with Gasteiger partial charge in [-0.05, 0) is 55.6 Å². The maximum atomic E-state index is 12.6.